The van der Waals surface area contributed by atoms with Gasteiger partial charge in [0.15, 0.2) is 0 Å². The molecule has 0 saturated carbocycles. The van der Waals surface area contributed by atoms with Crippen molar-refractivity contribution in [2.24, 2.45) is 0 Å². The van der Waals surface area contributed by atoms with E-state index in [0.717, 1.165) is 25.7 Å². The third-order valence-electron chi connectivity index (χ3n) is 8.55. The fraction of sp³-hybridized carbons (Fsp3) is 0.121. The van der Waals surface area contributed by atoms with Gasteiger partial charge < -0.3 is 4.90 Å². The van der Waals surface area contributed by atoms with E-state index in [4.69, 9.17) is 0 Å². The second-order valence-electron chi connectivity index (χ2n) is 10.4. The summed E-state index contributed by atoms with van der Waals surface area (Å²) in [5.74, 6) is 0. The lowest BCUT2D eigenvalue weighted by Crippen LogP contribution is -2.25. The molecule has 1 aromatic heterocycles. The highest BCUT2D eigenvalue weighted by Crippen LogP contribution is 2.53. The number of fused-ring (bicyclic) bond motifs is 10. The molecule has 4 aliphatic rings. The first kappa shape index (κ1) is 18.2. The Balaban J connectivity index is 1.23. The molecule has 2 nitrogen and oxygen atoms in total. The summed E-state index contributed by atoms with van der Waals surface area (Å²) in [5.41, 5.74) is 21.2. The smallest absolute Gasteiger partial charge is 0.0680 e. The fourth-order valence-corrected chi connectivity index (χ4v) is 7.02. The molecule has 0 unspecified atom stereocenters. The van der Waals surface area contributed by atoms with Crippen molar-refractivity contribution in [3.63, 3.8) is 0 Å². The van der Waals surface area contributed by atoms with Gasteiger partial charge in [-0.1, -0.05) is 42.5 Å². The van der Waals surface area contributed by atoms with Crippen molar-refractivity contribution in [2.45, 2.75) is 25.7 Å². The lowest BCUT2D eigenvalue weighted by atomic mass is 9.85. The molecule has 2 aliphatic carbocycles. The third-order valence-corrected chi connectivity index (χ3v) is 8.55. The Labute approximate surface area is 204 Å². The van der Waals surface area contributed by atoms with Crippen LogP contribution in [0.25, 0.3) is 22.3 Å². The van der Waals surface area contributed by atoms with Gasteiger partial charge in [0.25, 0.3) is 0 Å². The zero-order valence-electron chi connectivity index (χ0n) is 19.3. The number of benzene rings is 4. The third kappa shape index (κ3) is 2.32. The van der Waals surface area contributed by atoms with Crippen molar-refractivity contribution in [2.75, 3.05) is 4.90 Å². The van der Waals surface area contributed by atoms with Gasteiger partial charge >= 0.3 is 0 Å². The summed E-state index contributed by atoms with van der Waals surface area (Å²) in [6.45, 7) is 0. The Hall–Kier alpha value is -4.17. The summed E-state index contributed by atoms with van der Waals surface area (Å²) in [6, 6.07) is 27.8. The van der Waals surface area contributed by atoms with Gasteiger partial charge in [-0.15, -0.1) is 0 Å². The lowest BCUT2D eigenvalue weighted by Gasteiger charge is -2.39. The average molecular weight is 447 g/mol. The highest BCUT2D eigenvalue weighted by molar-refractivity contribution is 5.92. The van der Waals surface area contributed by atoms with E-state index >= 15 is 0 Å². The van der Waals surface area contributed by atoms with Crippen molar-refractivity contribution in [3.05, 3.63) is 130 Å². The maximum Gasteiger partial charge on any atom is 0.0680 e. The van der Waals surface area contributed by atoms with Crippen molar-refractivity contribution in [1.29, 1.82) is 0 Å². The Bertz CT molecular complexity index is 1760. The largest absolute Gasteiger partial charge is 0.308 e. The number of hydrogen-bond acceptors (Lipinski definition) is 2. The Morgan fingerprint density at radius 3 is 1.97 bits per heavy atom. The zero-order valence-corrected chi connectivity index (χ0v) is 19.3. The molecule has 2 heteroatoms. The van der Waals surface area contributed by atoms with Gasteiger partial charge in [-0.2, -0.15) is 0 Å². The van der Waals surface area contributed by atoms with Crippen LogP contribution in [0.3, 0.4) is 0 Å². The van der Waals surface area contributed by atoms with Crippen molar-refractivity contribution < 1.29 is 0 Å². The fourth-order valence-electron chi connectivity index (χ4n) is 7.02. The van der Waals surface area contributed by atoms with E-state index in [-0.39, 0.29) is 0 Å². The summed E-state index contributed by atoms with van der Waals surface area (Å²) < 4.78 is 0. The second kappa shape index (κ2) is 6.28. The molecule has 5 aromatic rings. The number of rotatable bonds is 0. The van der Waals surface area contributed by atoms with Crippen LogP contribution in [0.15, 0.2) is 85.2 Å². The maximum atomic E-state index is 4.51. The average Bonchev–Trinajstić information content (AvgIpc) is 3.43. The summed E-state index contributed by atoms with van der Waals surface area (Å²) >= 11 is 0. The first-order valence-corrected chi connectivity index (χ1v) is 12.6. The Kier molecular flexibility index (Phi) is 3.27. The van der Waals surface area contributed by atoms with Crippen LogP contribution in [-0.2, 0) is 25.7 Å². The monoisotopic (exact) mass is 446 g/mol. The number of pyridine rings is 1. The van der Waals surface area contributed by atoms with E-state index in [1.54, 1.807) is 0 Å². The molecule has 35 heavy (non-hydrogen) atoms. The van der Waals surface area contributed by atoms with Crippen LogP contribution in [0.5, 0.6) is 0 Å². The van der Waals surface area contributed by atoms with Crippen LogP contribution in [0.4, 0.5) is 17.1 Å². The van der Waals surface area contributed by atoms with E-state index in [2.05, 4.69) is 82.7 Å². The van der Waals surface area contributed by atoms with Crippen LogP contribution in [-0.4, -0.2) is 4.98 Å². The van der Waals surface area contributed by atoms with E-state index in [9.17, 15) is 0 Å². The number of para-hydroxylation sites is 1. The number of anilines is 3. The van der Waals surface area contributed by atoms with Gasteiger partial charge in [0.2, 0.25) is 0 Å². The Morgan fingerprint density at radius 2 is 1.11 bits per heavy atom. The van der Waals surface area contributed by atoms with Gasteiger partial charge in [-0.3, -0.25) is 4.98 Å². The second-order valence-corrected chi connectivity index (χ2v) is 10.4. The predicted molar refractivity (Wildman–Crippen MR) is 141 cm³/mol. The minimum absolute atomic E-state index is 0.982. The molecule has 0 spiro atoms. The maximum absolute atomic E-state index is 4.51. The van der Waals surface area contributed by atoms with Crippen molar-refractivity contribution in [3.8, 4) is 22.3 Å². The molecule has 0 N–H and O–H groups in total. The molecule has 2 aliphatic heterocycles. The summed E-state index contributed by atoms with van der Waals surface area (Å²) in [5, 5.41) is 0. The van der Waals surface area contributed by atoms with E-state index in [0.29, 0.717) is 0 Å². The Morgan fingerprint density at radius 1 is 0.486 bits per heavy atom. The minimum atomic E-state index is 0.982. The molecule has 164 valence electrons. The molecule has 0 bridgehead atoms. The van der Waals surface area contributed by atoms with Crippen LogP contribution >= 0.6 is 0 Å². The van der Waals surface area contributed by atoms with E-state index in [1.807, 2.05) is 12.4 Å². The van der Waals surface area contributed by atoms with Gasteiger partial charge in [-0.25, -0.2) is 0 Å². The van der Waals surface area contributed by atoms with Gasteiger partial charge in [0, 0.05) is 19.0 Å². The summed E-state index contributed by atoms with van der Waals surface area (Å²) in [6.07, 6.45) is 8.01. The lowest BCUT2D eigenvalue weighted by molar-refractivity contribution is 0.999. The van der Waals surface area contributed by atoms with Gasteiger partial charge in [0.05, 0.1) is 23.3 Å². The van der Waals surface area contributed by atoms with Crippen LogP contribution < -0.4 is 4.90 Å². The molecule has 0 amide bonds. The molecular weight excluding hydrogens is 424 g/mol. The molecule has 9 rings (SSSR count). The van der Waals surface area contributed by atoms with E-state index in [1.165, 1.54) is 83.8 Å². The van der Waals surface area contributed by atoms with Gasteiger partial charge in [-0.05, 0) is 110 Å². The van der Waals surface area contributed by atoms with Crippen LogP contribution in [0, 0.1) is 0 Å². The topological polar surface area (TPSA) is 16.1 Å². The molecule has 0 atom stereocenters. The molecule has 0 fully saturated rings. The number of nitrogens with zero attached hydrogens (tertiary/aromatic N) is 2. The molecular formula is C33H22N2. The number of aromatic nitrogens is 1. The summed E-state index contributed by atoms with van der Waals surface area (Å²) in [4.78, 5) is 7.01. The SMILES string of the molecule is c1ccc2c(c1)Cc1cc3c(cc1-2)Cc1cc2c(cc1-3)Cc1cccc3c1N2c1cnccc1C3. The first-order valence-electron chi connectivity index (χ1n) is 12.6. The summed E-state index contributed by atoms with van der Waals surface area (Å²) in [7, 11) is 0. The standard InChI is InChI=1S/C33H22N2/c1-2-7-27-19(4-1)10-23-15-29-24(14-28(23)27)13-25-17-31-26(16-30(25)29)12-22-6-3-5-21-11-20-8-9-34-18-32(20)35(31)33(21)22/h1-9,14-18H,10-13H2. The molecule has 0 radical (unpaired) electrons. The zero-order chi connectivity index (χ0) is 22.7. The quantitative estimate of drug-likeness (QED) is 0.240. The minimum Gasteiger partial charge on any atom is -0.308 e. The van der Waals surface area contributed by atoms with Crippen molar-refractivity contribution in [1.82, 2.24) is 4.98 Å². The molecule has 3 heterocycles. The molecule has 4 aromatic carbocycles. The normalized spacial score (nSPS) is 14.9. The highest BCUT2D eigenvalue weighted by atomic mass is 15.2. The highest BCUT2D eigenvalue weighted by Gasteiger charge is 2.34. The van der Waals surface area contributed by atoms with Crippen LogP contribution in [0.2, 0.25) is 0 Å². The van der Waals surface area contributed by atoms with E-state index < -0.39 is 0 Å². The first-order chi connectivity index (χ1) is 17.3. The van der Waals surface area contributed by atoms with Gasteiger partial charge in [0.1, 0.15) is 0 Å². The number of hydrogen-bond donors (Lipinski definition) is 0. The van der Waals surface area contributed by atoms with Crippen molar-refractivity contribution >= 4 is 17.1 Å². The van der Waals surface area contributed by atoms with Crippen LogP contribution in [0.1, 0.15) is 44.5 Å². The molecule has 0 saturated heterocycles. The predicted octanol–water partition coefficient (Wildman–Crippen LogP) is 7.50.